The summed E-state index contributed by atoms with van der Waals surface area (Å²) in [6.45, 7) is 13.5. The normalized spacial score (nSPS) is 12.6. The highest BCUT2D eigenvalue weighted by molar-refractivity contribution is 5.85. The lowest BCUT2D eigenvalue weighted by Gasteiger charge is -2.30. The third kappa shape index (κ3) is 3.30. The number of methoxy groups -OCH3 is 1. The number of benzene rings is 2. The zero-order valence-corrected chi connectivity index (χ0v) is 16.4. The summed E-state index contributed by atoms with van der Waals surface area (Å²) in [5.74, 6) is 1.02. The Hall–Kier alpha value is -2.22. The maximum atomic E-state index is 5.87. The van der Waals surface area contributed by atoms with Crippen molar-refractivity contribution in [2.24, 2.45) is 0 Å². The van der Waals surface area contributed by atoms with Crippen LogP contribution in [0.3, 0.4) is 0 Å². The summed E-state index contributed by atoms with van der Waals surface area (Å²) < 4.78 is 5.87. The van der Waals surface area contributed by atoms with Crippen molar-refractivity contribution in [3.05, 3.63) is 53.7 Å². The van der Waals surface area contributed by atoms with Crippen molar-refractivity contribution < 1.29 is 4.74 Å². The lowest BCUT2D eigenvalue weighted by molar-refractivity contribution is 0.381. The van der Waals surface area contributed by atoms with Gasteiger partial charge in [0.15, 0.2) is 0 Å². The first kappa shape index (κ1) is 17.6. The molecule has 0 atom stereocenters. The molecule has 132 valence electrons. The van der Waals surface area contributed by atoms with E-state index in [-0.39, 0.29) is 10.8 Å². The second-order valence-electron chi connectivity index (χ2n) is 8.88. The fourth-order valence-electron chi connectivity index (χ4n) is 3.36. The molecule has 3 aromatic rings. The maximum absolute atomic E-state index is 5.87. The van der Waals surface area contributed by atoms with Crippen LogP contribution in [0.2, 0.25) is 0 Å². The molecule has 0 unspecified atom stereocenters. The monoisotopic (exact) mass is 335 g/mol. The molecule has 25 heavy (non-hydrogen) atoms. The number of hydrogen-bond acceptors (Lipinski definition) is 1. The summed E-state index contributed by atoms with van der Waals surface area (Å²) in [6, 6.07) is 13.3. The summed E-state index contributed by atoms with van der Waals surface area (Å²) in [7, 11) is 1.78. The van der Waals surface area contributed by atoms with Crippen LogP contribution in [0.25, 0.3) is 22.0 Å². The van der Waals surface area contributed by atoms with Gasteiger partial charge in [0.25, 0.3) is 0 Å². The molecule has 2 heteroatoms. The van der Waals surface area contributed by atoms with Crippen LogP contribution in [-0.2, 0) is 10.8 Å². The van der Waals surface area contributed by atoms with E-state index >= 15 is 0 Å². The molecular weight excluding hydrogens is 306 g/mol. The molecule has 1 N–H and O–H groups in total. The van der Waals surface area contributed by atoms with Gasteiger partial charge in [-0.05, 0) is 51.6 Å². The van der Waals surface area contributed by atoms with E-state index in [4.69, 9.17) is 4.74 Å². The highest BCUT2D eigenvalue weighted by Crippen LogP contribution is 2.42. The first-order valence-corrected chi connectivity index (χ1v) is 8.92. The van der Waals surface area contributed by atoms with Crippen LogP contribution in [-0.4, -0.2) is 12.1 Å². The van der Waals surface area contributed by atoms with Crippen molar-refractivity contribution in [1.82, 2.24) is 4.98 Å². The summed E-state index contributed by atoms with van der Waals surface area (Å²) in [5.41, 5.74) is 6.17. The van der Waals surface area contributed by atoms with Gasteiger partial charge in [0, 0.05) is 22.8 Å². The largest absolute Gasteiger partial charge is 0.496 e. The molecule has 0 fully saturated rings. The Morgan fingerprint density at radius 1 is 0.760 bits per heavy atom. The van der Waals surface area contributed by atoms with Crippen molar-refractivity contribution >= 4 is 10.9 Å². The Morgan fingerprint density at radius 2 is 1.36 bits per heavy atom. The van der Waals surface area contributed by atoms with Crippen LogP contribution < -0.4 is 4.74 Å². The molecule has 0 spiro atoms. The summed E-state index contributed by atoms with van der Waals surface area (Å²) in [6.07, 6.45) is 1.99. The highest BCUT2D eigenvalue weighted by Gasteiger charge is 2.27. The minimum atomic E-state index is 0.0118. The quantitative estimate of drug-likeness (QED) is 0.573. The van der Waals surface area contributed by atoms with Gasteiger partial charge in [-0.3, -0.25) is 0 Å². The van der Waals surface area contributed by atoms with Gasteiger partial charge in [0.2, 0.25) is 0 Å². The highest BCUT2D eigenvalue weighted by atomic mass is 16.5. The Bertz CT molecular complexity index is 869. The van der Waals surface area contributed by atoms with Crippen LogP contribution in [0.1, 0.15) is 52.7 Å². The maximum Gasteiger partial charge on any atom is 0.126 e. The number of rotatable bonds is 2. The van der Waals surface area contributed by atoms with Gasteiger partial charge < -0.3 is 9.72 Å². The smallest absolute Gasteiger partial charge is 0.126 e. The Balaban J connectivity index is 2.29. The zero-order chi connectivity index (χ0) is 18.4. The number of nitrogens with one attached hydrogen (secondary N) is 1. The molecule has 0 radical (unpaired) electrons. The summed E-state index contributed by atoms with van der Waals surface area (Å²) in [5, 5.41) is 1.24. The Morgan fingerprint density at radius 3 is 1.88 bits per heavy atom. The fourth-order valence-corrected chi connectivity index (χ4v) is 3.36. The summed E-state index contributed by atoms with van der Waals surface area (Å²) in [4.78, 5) is 3.32. The van der Waals surface area contributed by atoms with Crippen molar-refractivity contribution in [3.63, 3.8) is 0 Å². The van der Waals surface area contributed by atoms with Crippen molar-refractivity contribution in [2.75, 3.05) is 7.11 Å². The van der Waals surface area contributed by atoms with Gasteiger partial charge in [-0.2, -0.15) is 0 Å². The van der Waals surface area contributed by atoms with E-state index in [2.05, 4.69) is 82.9 Å². The summed E-state index contributed by atoms with van der Waals surface area (Å²) >= 11 is 0. The van der Waals surface area contributed by atoms with Crippen LogP contribution in [0, 0.1) is 0 Å². The second kappa shape index (κ2) is 5.94. The zero-order valence-electron chi connectivity index (χ0n) is 16.4. The van der Waals surface area contributed by atoms with Gasteiger partial charge in [0.1, 0.15) is 5.75 Å². The molecule has 1 aromatic heterocycles. The van der Waals surface area contributed by atoms with Gasteiger partial charge in [-0.1, -0.05) is 53.7 Å². The molecule has 3 rings (SSSR count). The van der Waals surface area contributed by atoms with E-state index in [0.29, 0.717) is 0 Å². The third-order valence-corrected chi connectivity index (χ3v) is 4.80. The minimum Gasteiger partial charge on any atom is -0.496 e. The van der Waals surface area contributed by atoms with Crippen LogP contribution >= 0.6 is 0 Å². The molecule has 0 aliphatic rings. The second-order valence-corrected chi connectivity index (χ2v) is 8.88. The SMILES string of the molecule is COc1c(C(C)(C)C)cc(-c2ccc3cc[nH]c3c2)cc1C(C)(C)C. The predicted molar refractivity (Wildman–Crippen MR) is 108 cm³/mol. The average Bonchev–Trinajstić information content (AvgIpc) is 2.99. The van der Waals surface area contributed by atoms with Gasteiger partial charge in [-0.25, -0.2) is 0 Å². The number of hydrogen-bond donors (Lipinski definition) is 1. The standard InChI is InChI=1S/C23H29NO/c1-22(2,3)18-12-17(13-19(21(18)25-7)23(4,5)6)16-9-8-15-10-11-24-20(15)14-16/h8-14,24H,1-7H3. The Kier molecular flexibility index (Phi) is 4.18. The molecule has 1 heterocycles. The molecule has 2 aromatic carbocycles. The minimum absolute atomic E-state index is 0.0118. The number of aromatic nitrogens is 1. The fraction of sp³-hybridized carbons (Fsp3) is 0.391. The molecule has 0 amide bonds. The lowest BCUT2D eigenvalue weighted by Crippen LogP contribution is -2.19. The predicted octanol–water partition coefficient (Wildman–Crippen LogP) is 6.44. The first-order valence-electron chi connectivity index (χ1n) is 8.92. The molecule has 2 nitrogen and oxygen atoms in total. The number of fused-ring (bicyclic) bond motifs is 1. The lowest BCUT2D eigenvalue weighted by atomic mass is 9.77. The number of aromatic amines is 1. The topological polar surface area (TPSA) is 25.0 Å². The molecule has 0 saturated carbocycles. The van der Waals surface area contributed by atoms with E-state index in [1.165, 1.54) is 33.2 Å². The molecule has 0 aliphatic heterocycles. The van der Waals surface area contributed by atoms with E-state index in [1.807, 2.05) is 6.20 Å². The van der Waals surface area contributed by atoms with Gasteiger partial charge >= 0.3 is 0 Å². The first-order chi connectivity index (χ1) is 11.6. The van der Waals surface area contributed by atoms with Crippen LogP contribution in [0.15, 0.2) is 42.6 Å². The molecule has 0 aliphatic carbocycles. The molecule has 0 saturated heterocycles. The van der Waals surface area contributed by atoms with Crippen molar-refractivity contribution in [2.45, 2.75) is 52.4 Å². The van der Waals surface area contributed by atoms with E-state index < -0.39 is 0 Å². The van der Waals surface area contributed by atoms with Gasteiger partial charge in [-0.15, -0.1) is 0 Å². The molecule has 0 bridgehead atoms. The average molecular weight is 335 g/mol. The van der Waals surface area contributed by atoms with E-state index in [1.54, 1.807) is 7.11 Å². The number of ether oxygens (including phenoxy) is 1. The van der Waals surface area contributed by atoms with E-state index in [0.717, 1.165) is 5.75 Å². The Labute approximate surface area is 151 Å². The van der Waals surface area contributed by atoms with E-state index in [9.17, 15) is 0 Å². The van der Waals surface area contributed by atoms with Crippen LogP contribution in [0.4, 0.5) is 0 Å². The van der Waals surface area contributed by atoms with Crippen LogP contribution in [0.5, 0.6) is 5.75 Å². The van der Waals surface area contributed by atoms with Crippen molar-refractivity contribution in [1.29, 1.82) is 0 Å². The van der Waals surface area contributed by atoms with Gasteiger partial charge in [0.05, 0.1) is 7.11 Å². The number of H-pyrrole nitrogens is 1. The van der Waals surface area contributed by atoms with Crippen molar-refractivity contribution in [3.8, 4) is 16.9 Å². The third-order valence-electron chi connectivity index (χ3n) is 4.80. The molecular formula is C23H29NO.